The summed E-state index contributed by atoms with van der Waals surface area (Å²) in [6, 6.07) is 6.86. The molecule has 0 N–H and O–H groups in total. The monoisotopic (exact) mass is 405 g/mol. The number of benzene rings is 1. The molecule has 2 aromatic rings. The standard InChI is InChI=1S/C26H32FN3/c1-19-7-8-25-23(13-19)24-18-29(17-20-5-3-2-4-6-20)11-10-26(24)30(25)12-9-21-14-22(27)16-28-15-21/h5,7-8,13,15-16,22H,2-4,6,9-12,14,17-18H2,1H3. The predicted octanol–water partition coefficient (Wildman–Crippen LogP) is 5.89. The summed E-state index contributed by atoms with van der Waals surface area (Å²) in [5.74, 6) is 0. The van der Waals surface area contributed by atoms with Crippen LogP contribution in [-0.2, 0) is 19.5 Å². The summed E-state index contributed by atoms with van der Waals surface area (Å²) < 4.78 is 16.2. The fraction of sp³-hybridized carbons (Fsp3) is 0.500. The Morgan fingerprint density at radius 3 is 2.93 bits per heavy atom. The zero-order valence-electron chi connectivity index (χ0n) is 18.0. The number of hydrogen-bond donors (Lipinski definition) is 0. The Morgan fingerprint density at radius 1 is 1.17 bits per heavy atom. The fourth-order valence-corrected chi connectivity index (χ4v) is 5.37. The summed E-state index contributed by atoms with van der Waals surface area (Å²) in [6.45, 7) is 6.38. The molecular formula is C26H32FN3. The van der Waals surface area contributed by atoms with Crippen LogP contribution in [0.15, 0.2) is 46.6 Å². The van der Waals surface area contributed by atoms with Crippen molar-refractivity contribution in [3.63, 3.8) is 0 Å². The Bertz CT molecular complexity index is 1030. The van der Waals surface area contributed by atoms with Gasteiger partial charge in [-0.05, 0) is 62.3 Å². The minimum absolute atomic E-state index is 0.493. The second-order valence-corrected chi connectivity index (χ2v) is 9.22. The smallest absolute Gasteiger partial charge is 0.139 e. The number of nitrogens with zero attached hydrogens (tertiary/aromatic N) is 3. The van der Waals surface area contributed by atoms with Crippen molar-refractivity contribution >= 4 is 17.1 Å². The summed E-state index contributed by atoms with van der Waals surface area (Å²) in [5.41, 5.74) is 8.40. The quantitative estimate of drug-likeness (QED) is 0.568. The Balaban J connectivity index is 1.41. The molecule has 1 aromatic heterocycles. The summed E-state index contributed by atoms with van der Waals surface area (Å²) in [6.07, 6.45) is 12.5. The van der Waals surface area contributed by atoms with Crippen LogP contribution in [0.3, 0.4) is 0 Å². The second-order valence-electron chi connectivity index (χ2n) is 9.22. The highest BCUT2D eigenvalue weighted by molar-refractivity contribution is 5.86. The van der Waals surface area contributed by atoms with Gasteiger partial charge < -0.3 is 4.57 Å². The lowest BCUT2D eigenvalue weighted by Gasteiger charge is -2.30. The predicted molar refractivity (Wildman–Crippen MR) is 123 cm³/mol. The number of allylic oxidation sites excluding steroid dienone is 2. The molecular weight excluding hydrogens is 373 g/mol. The van der Waals surface area contributed by atoms with Crippen molar-refractivity contribution in [1.82, 2.24) is 9.47 Å². The molecule has 30 heavy (non-hydrogen) atoms. The van der Waals surface area contributed by atoms with Crippen LogP contribution in [0.2, 0.25) is 0 Å². The highest BCUT2D eigenvalue weighted by Gasteiger charge is 2.25. The highest BCUT2D eigenvalue weighted by Crippen LogP contribution is 2.33. The van der Waals surface area contributed by atoms with Crippen molar-refractivity contribution < 1.29 is 4.39 Å². The van der Waals surface area contributed by atoms with Gasteiger partial charge in [0.05, 0.1) is 0 Å². The van der Waals surface area contributed by atoms with Crippen molar-refractivity contribution in [3.8, 4) is 0 Å². The van der Waals surface area contributed by atoms with Crippen molar-refractivity contribution in [1.29, 1.82) is 0 Å². The molecule has 1 aromatic carbocycles. The third-order valence-electron chi connectivity index (χ3n) is 6.92. The molecule has 3 heterocycles. The summed E-state index contributed by atoms with van der Waals surface area (Å²) in [5, 5.41) is 1.41. The van der Waals surface area contributed by atoms with Gasteiger partial charge in [-0.15, -0.1) is 0 Å². The first-order valence-electron chi connectivity index (χ1n) is 11.5. The van der Waals surface area contributed by atoms with Crippen molar-refractivity contribution in [2.75, 3.05) is 13.1 Å². The zero-order valence-corrected chi connectivity index (χ0v) is 18.0. The molecule has 0 spiro atoms. The lowest BCUT2D eigenvalue weighted by atomic mass is 9.97. The van der Waals surface area contributed by atoms with Crippen LogP contribution in [0.1, 0.15) is 55.3 Å². The molecule has 0 saturated heterocycles. The number of aliphatic imine (C=N–C) groups is 1. The van der Waals surface area contributed by atoms with Gasteiger partial charge in [-0.25, -0.2) is 4.39 Å². The number of rotatable bonds is 5. The summed E-state index contributed by atoms with van der Waals surface area (Å²) >= 11 is 0. The Labute approximate surface area is 179 Å². The van der Waals surface area contributed by atoms with Crippen LogP contribution in [0, 0.1) is 6.92 Å². The SMILES string of the molecule is Cc1ccc2c(c1)c1c(n2CCC2=CN=CC(F)C2)CCN(CC2=CCCCC2)C1. The highest BCUT2D eigenvalue weighted by atomic mass is 19.1. The molecule has 3 aliphatic rings. The molecule has 158 valence electrons. The second kappa shape index (κ2) is 8.50. The van der Waals surface area contributed by atoms with E-state index in [9.17, 15) is 4.39 Å². The number of halogens is 1. The molecule has 0 bridgehead atoms. The van der Waals surface area contributed by atoms with Crippen LogP contribution in [0.5, 0.6) is 0 Å². The van der Waals surface area contributed by atoms with E-state index in [0.29, 0.717) is 6.42 Å². The largest absolute Gasteiger partial charge is 0.344 e. The van der Waals surface area contributed by atoms with Crippen molar-refractivity contribution in [2.45, 2.75) is 71.1 Å². The van der Waals surface area contributed by atoms with Gasteiger partial charge in [0.25, 0.3) is 0 Å². The normalized spacial score (nSPS) is 22.1. The van der Waals surface area contributed by atoms with Crippen LogP contribution >= 0.6 is 0 Å². The van der Waals surface area contributed by atoms with E-state index in [4.69, 9.17) is 0 Å². The van der Waals surface area contributed by atoms with E-state index in [-0.39, 0.29) is 0 Å². The van der Waals surface area contributed by atoms with E-state index in [2.05, 4.69) is 45.7 Å². The minimum atomic E-state index is -0.925. The van der Waals surface area contributed by atoms with Crippen molar-refractivity contribution in [2.24, 2.45) is 4.99 Å². The Kier molecular flexibility index (Phi) is 5.60. The van der Waals surface area contributed by atoms with Gasteiger partial charge in [-0.3, -0.25) is 9.89 Å². The molecule has 2 aliphatic heterocycles. The molecule has 1 unspecified atom stereocenters. The first kappa shape index (κ1) is 19.7. The van der Waals surface area contributed by atoms with Crippen LogP contribution in [0.4, 0.5) is 4.39 Å². The summed E-state index contributed by atoms with van der Waals surface area (Å²) in [4.78, 5) is 6.72. The number of fused-ring (bicyclic) bond motifs is 3. The third kappa shape index (κ3) is 4.02. The molecule has 0 fully saturated rings. The van der Waals surface area contributed by atoms with Gasteiger partial charge in [0.15, 0.2) is 0 Å². The maximum atomic E-state index is 13.7. The zero-order chi connectivity index (χ0) is 20.5. The Morgan fingerprint density at radius 2 is 2.10 bits per heavy atom. The van der Waals surface area contributed by atoms with Crippen LogP contribution in [0.25, 0.3) is 10.9 Å². The van der Waals surface area contributed by atoms with Crippen LogP contribution in [-0.4, -0.2) is 34.9 Å². The Hall–Kier alpha value is -2.20. The molecule has 5 rings (SSSR count). The molecule has 4 heteroatoms. The van der Waals surface area contributed by atoms with Gasteiger partial charge in [0.1, 0.15) is 6.17 Å². The van der Waals surface area contributed by atoms with Crippen molar-refractivity contribution in [3.05, 3.63) is 58.4 Å². The van der Waals surface area contributed by atoms with Gasteiger partial charge >= 0.3 is 0 Å². The van der Waals surface area contributed by atoms with E-state index in [1.807, 2.05) is 6.20 Å². The number of hydrogen-bond acceptors (Lipinski definition) is 2. The topological polar surface area (TPSA) is 20.5 Å². The van der Waals surface area contributed by atoms with Gasteiger partial charge in [-0.2, -0.15) is 0 Å². The fourth-order valence-electron chi connectivity index (χ4n) is 5.37. The maximum Gasteiger partial charge on any atom is 0.139 e. The van der Waals surface area contributed by atoms with Gasteiger partial charge in [0, 0.05) is 68.0 Å². The first-order chi connectivity index (χ1) is 14.7. The average Bonchev–Trinajstić information content (AvgIpc) is 3.05. The number of aryl methyl sites for hydroxylation is 2. The van der Waals surface area contributed by atoms with Gasteiger partial charge in [0.2, 0.25) is 0 Å². The lowest BCUT2D eigenvalue weighted by Crippen LogP contribution is -2.33. The molecule has 3 nitrogen and oxygen atoms in total. The molecule has 1 atom stereocenters. The summed E-state index contributed by atoms with van der Waals surface area (Å²) in [7, 11) is 0. The number of aromatic nitrogens is 1. The minimum Gasteiger partial charge on any atom is -0.344 e. The maximum absolute atomic E-state index is 13.7. The van der Waals surface area contributed by atoms with Gasteiger partial charge in [-0.1, -0.05) is 23.3 Å². The third-order valence-corrected chi connectivity index (χ3v) is 6.92. The van der Waals surface area contributed by atoms with E-state index in [0.717, 1.165) is 44.6 Å². The van der Waals surface area contributed by atoms with E-state index in [1.165, 1.54) is 59.6 Å². The van der Waals surface area contributed by atoms with E-state index >= 15 is 0 Å². The number of alkyl halides is 1. The molecule has 1 aliphatic carbocycles. The lowest BCUT2D eigenvalue weighted by molar-refractivity contribution is 0.269. The average molecular weight is 406 g/mol. The molecule has 0 saturated carbocycles. The van der Waals surface area contributed by atoms with E-state index in [1.54, 1.807) is 5.57 Å². The van der Waals surface area contributed by atoms with Crippen LogP contribution < -0.4 is 0 Å². The first-order valence-corrected chi connectivity index (χ1v) is 11.5. The molecule has 0 amide bonds. The van der Waals surface area contributed by atoms with E-state index < -0.39 is 6.17 Å². The molecule has 0 radical (unpaired) electrons.